The van der Waals surface area contributed by atoms with Crippen LogP contribution in [0.3, 0.4) is 0 Å². The van der Waals surface area contributed by atoms with Crippen LogP contribution in [0.4, 0.5) is 33.0 Å². The Bertz CT molecular complexity index is 2420. The molecule has 0 amide bonds. The topological polar surface area (TPSA) is 187 Å². The second-order valence-electron chi connectivity index (χ2n) is 13.6. The monoisotopic (exact) mass is 934 g/mol. The van der Waals surface area contributed by atoms with Crippen molar-refractivity contribution < 1.29 is 39.8 Å². The highest BCUT2D eigenvalue weighted by Crippen LogP contribution is 2.24. The quantitative estimate of drug-likeness (QED) is 0.0350. The molecule has 6 aromatic rings. The molecule has 0 saturated heterocycles. The number of hydrogen-bond donors (Lipinski definition) is 0. The number of azo groups is 2. The molecule has 4 aromatic carbocycles. The summed E-state index contributed by atoms with van der Waals surface area (Å²) >= 11 is 3.18. The molecule has 2 aromatic heterocycles. The highest BCUT2D eigenvalue weighted by molar-refractivity contribution is 7.86. The van der Waals surface area contributed by atoms with Gasteiger partial charge >= 0.3 is 10.3 Å². The average molecular weight is 935 g/mol. The van der Waals surface area contributed by atoms with E-state index in [-0.39, 0.29) is 9.79 Å². The van der Waals surface area contributed by atoms with Gasteiger partial charge in [-0.2, -0.15) is 0 Å². The van der Waals surface area contributed by atoms with Crippen LogP contribution in [0.25, 0.3) is 0 Å². The Hall–Kier alpha value is -5.28. The first kappa shape index (κ1) is 50.4. The number of likely N-dealkylation sites (N-methyl/N-ethyl adjacent to an activating group) is 2. The Morgan fingerprint density at radius 1 is 0.556 bits per heavy atom. The van der Waals surface area contributed by atoms with Crippen molar-refractivity contribution in [2.75, 3.05) is 49.2 Å². The normalized spacial score (nSPS) is 11.6. The van der Waals surface area contributed by atoms with Crippen LogP contribution in [0.15, 0.2) is 150 Å². The lowest BCUT2D eigenvalue weighted by Gasteiger charge is -2.25. The summed E-state index contributed by atoms with van der Waals surface area (Å²) in [5.41, 5.74) is 4.99. The van der Waals surface area contributed by atoms with Crippen LogP contribution >= 0.6 is 22.7 Å². The molecular formula is C44H54N8O7S4. The summed E-state index contributed by atoms with van der Waals surface area (Å²) in [4.78, 5) is 4.35. The summed E-state index contributed by atoms with van der Waals surface area (Å²) in [7, 11) is -8.57. The third-order valence-electron chi connectivity index (χ3n) is 9.43. The molecule has 19 heteroatoms. The second-order valence-corrected chi connectivity index (χ2v) is 18.0. The average Bonchev–Trinajstić information content (AvgIpc) is 3.94. The summed E-state index contributed by atoms with van der Waals surface area (Å²) in [5.74, 6) is 0. The maximum atomic E-state index is 10.5. The van der Waals surface area contributed by atoms with Crippen molar-refractivity contribution in [1.82, 2.24) is 0 Å². The maximum absolute atomic E-state index is 10.5. The molecule has 15 nitrogen and oxygen atoms in total. The summed E-state index contributed by atoms with van der Waals surface area (Å²) in [6.45, 7) is 18.3. The molecule has 336 valence electrons. The van der Waals surface area contributed by atoms with Gasteiger partial charge in [0.15, 0.2) is 0 Å². The summed E-state index contributed by atoms with van der Waals surface area (Å²) in [5, 5.41) is 23.5. The number of nitrogens with zero attached hydrogens (tertiary/aromatic N) is 8. The largest absolute Gasteiger partial charge is 0.744 e. The maximum Gasteiger partial charge on any atom is 0.408 e. The van der Waals surface area contributed by atoms with Gasteiger partial charge in [-0.05, 0) is 146 Å². The number of ether oxygens (including phenoxy) is 1. The lowest BCUT2D eigenvalue weighted by atomic mass is 10.2. The van der Waals surface area contributed by atoms with E-state index in [1.807, 2.05) is 47.4 Å². The fraction of sp³-hybridized carbons (Fsp3) is 0.318. The predicted molar refractivity (Wildman–Crippen MR) is 246 cm³/mol. The smallest absolute Gasteiger partial charge is 0.408 e. The number of aryl methyl sites for hydroxylation is 4. The van der Waals surface area contributed by atoms with Crippen molar-refractivity contribution in [2.24, 2.45) is 20.5 Å². The van der Waals surface area contributed by atoms with Gasteiger partial charge in [0, 0.05) is 48.3 Å². The zero-order chi connectivity index (χ0) is 45.8. The molecule has 0 bridgehead atoms. The van der Waals surface area contributed by atoms with Crippen LogP contribution in [0.2, 0.25) is 0 Å². The molecule has 0 aliphatic carbocycles. The van der Waals surface area contributed by atoms with Gasteiger partial charge in [0.05, 0.1) is 46.3 Å². The van der Waals surface area contributed by atoms with Crippen molar-refractivity contribution in [3.05, 3.63) is 131 Å². The van der Waals surface area contributed by atoms with Crippen molar-refractivity contribution in [1.29, 1.82) is 0 Å². The Labute approximate surface area is 379 Å². The van der Waals surface area contributed by atoms with E-state index in [1.165, 1.54) is 24.3 Å². The summed E-state index contributed by atoms with van der Waals surface area (Å²) in [6, 6.07) is 28.7. The molecule has 0 radical (unpaired) electrons. The highest BCUT2D eigenvalue weighted by Gasteiger charge is 2.12. The van der Waals surface area contributed by atoms with Gasteiger partial charge in [0.1, 0.15) is 44.0 Å². The number of rotatable bonds is 18. The van der Waals surface area contributed by atoms with Crippen molar-refractivity contribution in [3.8, 4) is 0 Å². The SMILES string of the molecule is CCN(CCOCCN(CC)c1ccc(N=Nc2scc[n+]2CC)cc1)c1ccc(N=Nc2scc[n+]2CC)cc1.Cc1ccccc1S(=O)(=O)[O-].Cc1ccccc1S(=O)(=O)[O-]. The minimum Gasteiger partial charge on any atom is -0.744 e. The Kier molecular flexibility index (Phi) is 20.1. The van der Waals surface area contributed by atoms with E-state index in [0.717, 1.165) is 72.3 Å². The van der Waals surface area contributed by atoms with Gasteiger partial charge in [-0.15, -0.1) is 0 Å². The molecular weight excluding hydrogens is 881 g/mol. The zero-order valence-electron chi connectivity index (χ0n) is 36.3. The molecule has 63 heavy (non-hydrogen) atoms. The van der Waals surface area contributed by atoms with Gasteiger partial charge in [0.2, 0.25) is 0 Å². The van der Waals surface area contributed by atoms with E-state index in [1.54, 1.807) is 60.8 Å². The molecule has 0 aliphatic heterocycles. The lowest BCUT2D eigenvalue weighted by Crippen LogP contribution is -2.30. The summed E-state index contributed by atoms with van der Waals surface area (Å²) in [6.07, 6.45) is 4.06. The van der Waals surface area contributed by atoms with E-state index in [0.29, 0.717) is 24.3 Å². The molecule has 0 unspecified atom stereocenters. The molecule has 0 N–H and O–H groups in total. The van der Waals surface area contributed by atoms with E-state index < -0.39 is 20.2 Å². The van der Waals surface area contributed by atoms with Crippen LogP contribution in [-0.4, -0.2) is 65.3 Å². The Morgan fingerprint density at radius 2 is 0.921 bits per heavy atom. The molecule has 0 atom stereocenters. The van der Waals surface area contributed by atoms with Crippen molar-refractivity contribution in [3.63, 3.8) is 0 Å². The molecule has 2 heterocycles. The third kappa shape index (κ3) is 16.1. The minimum atomic E-state index is -4.28. The van der Waals surface area contributed by atoms with Gasteiger partial charge < -0.3 is 23.6 Å². The number of anilines is 2. The van der Waals surface area contributed by atoms with Crippen molar-refractivity contribution in [2.45, 2.75) is 64.4 Å². The van der Waals surface area contributed by atoms with E-state index in [9.17, 15) is 25.9 Å². The minimum absolute atomic E-state index is 0.139. The fourth-order valence-electron chi connectivity index (χ4n) is 5.96. The third-order valence-corrected chi connectivity index (χ3v) is 13.0. The van der Waals surface area contributed by atoms with Crippen LogP contribution in [0.5, 0.6) is 0 Å². The van der Waals surface area contributed by atoms with Gasteiger partial charge in [0.25, 0.3) is 0 Å². The fourth-order valence-corrected chi connectivity index (χ4v) is 8.86. The summed E-state index contributed by atoms with van der Waals surface area (Å²) < 4.78 is 73.2. The predicted octanol–water partition coefficient (Wildman–Crippen LogP) is 9.42. The Morgan fingerprint density at radius 3 is 1.22 bits per heavy atom. The number of thiazole rings is 2. The van der Waals surface area contributed by atoms with Gasteiger partial charge in [-0.1, -0.05) is 36.4 Å². The molecule has 0 fully saturated rings. The van der Waals surface area contributed by atoms with Gasteiger partial charge in [-0.25, -0.2) is 26.0 Å². The highest BCUT2D eigenvalue weighted by atomic mass is 32.2. The number of aromatic nitrogens is 2. The van der Waals surface area contributed by atoms with Crippen LogP contribution in [0.1, 0.15) is 38.8 Å². The van der Waals surface area contributed by atoms with E-state index in [2.05, 4.69) is 91.4 Å². The standard InChI is InChI=1S/C30H40N8OS2.2C7H8O3S/c1-5-35(27-13-9-25(10-14-27)31-33-29-37(7-3)19-23-40-29)17-21-39-22-18-36(6-2)28-15-11-26(12-16-28)32-34-30-38(8-4)20-24-41-30;2*1-6-4-2-3-5-7(6)11(8,9)10/h9-16,19-20,23-24H,5-8,17-18,21-22H2,1-4H3;2*2-5H,1H3,(H,8,9,10)/q+2;;/p-2. The molecule has 0 saturated carbocycles. The zero-order valence-corrected chi connectivity index (χ0v) is 39.5. The first-order chi connectivity index (χ1) is 30.2. The molecule has 0 aliphatic rings. The van der Waals surface area contributed by atoms with E-state index in [4.69, 9.17) is 4.74 Å². The van der Waals surface area contributed by atoms with E-state index >= 15 is 0 Å². The first-order valence-electron chi connectivity index (χ1n) is 20.3. The number of hydrogen-bond acceptors (Lipinski definition) is 15. The second kappa shape index (κ2) is 25.1. The van der Waals surface area contributed by atoms with Crippen LogP contribution < -0.4 is 18.9 Å². The Balaban J connectivity index is 0.000000320. The van der Waals surface area contributed by atoms with Crippen LogP contribution in [0, 0.1) is 13.8 Å². The van der Waals surface area contributed by atoms with Crippen LogP contribution in [-0.2, 0) is 38.1 Å². The number of benzene rings is 4. The molecule has 0 spiro atoms. The van der Waals surface area contributed by atoms with Crippen molar-refractivity contribution >= 4 is 75.9 Å². The molecule has 6 rings (SSSR count). The lowest BCUT2D eigenvalue weighted by molar-refractivity contribution is -0.677. The van der Waals surface area contributed by atoms with Gasteiger partial charge in [-0.3, -0.25) is 0 Å². The first-order valence-corrected chi connectivity index (χ1v) is 24.8.